The van der Waals surface area contributed by atoms with Crippen LogP contribution in [0.25, 0.3) is 22.3 Å². The highest BCUT2D eigenvalue weighted by Gasteiger charge is 2.27. The van der Waals surface area contributed by atoms with Crippen molar-refractivity contribution in [2.45, 2.75) is 19.8 Å². The number of halogens is 5. The summed E-state index contributed by atoms with van der Waals surface area (Å²) in [5, 5.41) is 0. The van der Waals surface area contributed by atoms with Crippen molar-refractivity contribution in [1.82, 2.24) is 0 Å². The van der Waals surface area contributed by atoms with Gasteiger partial charge in [-0.1, -0.05) is 25.1 Å². The van der Waals surface area contributed by atoms with Crippen LogP contribution < -0.4 is 0 Å². The molecule has 0 heterocycles. The maximum Gasteiger partial charge on any atom is 0.194 e. The lowest BCUT2D eigenvalue weighted by Gasteiger charge is -2.11. The monoisotopic (exact) mass is 360 g/mol. The molecule has 0 saturated carbocycles. The van der Waals surface area contributed by atoms with Gasteiger partial charge in [0.1, 0.15) is 11.6 Å². The van der Waals surface area contributed by atoms with Gasteiger partial charge in [0.15, 0.2) is 17.5 Å². The quantitative estimate of drug-likeness (QED) is 0.296. The molecule has 1 aliphatic rings. The van der Waals surface area contributed by atoms with E-state index in [1.165, 1.54) is 6.07 Å². The van der Waals surface area contributed by atoms with E-state index >= 15 is 4.39 Å². The van der Waals surface area contributed by atoms with Crippen LogP contribution in [0.15, 0.2) is 36.4 Å². The Kier molecular flexibility index (Phi) is 3.83. The van der Waals surface area contributed by atoms with E-state index in [-0.39, 0.29) is 17.5 Å². The van der Waals surface area contributed by atoms with Crippen molar-refractivity contribution < 1.29 is 22.0 Å². The van der Waals surface area contributed by atoms with E-state index in [2.05, 4.69) is 0 Å². The lowest BCUT2D eigenvalue weighted by molar-refractivity contribution is 0.447. The number of rotatable bonds is 2. The second-order valence-corrected chi connectivity index (χ2v) is 6.35. The summed E-state index contributed by atoms with van der Waals surface area (Å²) in [6, 6.07) is 8.05. The van der Waals surface area contributed by atoms with Crippen molar-refractivity contribution in [2.24, 2.45) is 0 Å². The molecule has 0 saturated heterocycles. The van der Waals surface area contributed by atoms with Crippen LogP contribution in [0.2, 0.25) is 0 Å². The molecule has 0 amide bonds. The summed E-state index contributed by atoms with van der Waals surface area (Å²) in [6.07, 6.45) is 1.09. The summed E-state index contributed by atoms with van der Waals surface area (Å²) < 4.78 is 69.8. The van der Waals surface area contributed by atoms with Crippen LogP contribution in [0.3, 0.4) is 0 Å². The highest BCUT2D eigenvalue weighted by molar-refractivity contribution is 5.81. The van der Waals surface area contributed by atoms with E-state index in [1.807, 2.05) is 25.1 Å². The Bertz CT molecular complexity index is 1030. The molecule has 4 rings (SSSR count). The topological polar surface area (TPSA) is 0 Å². The van der Waals surface area contributed by atoms with Gasteiger partial charge in [-0.2, -0.15) is 0 Å². The van der Waals surface area contributed by atoms with Gasteiger partial charge in [0.25, 0.3) is 0 Å². The van der Waals surface area contributed by atoms with Crippen molar-refractivity contribution in [1.29, 1.82) is 0 Å². The molecule has 0 N–H and O–H groups in total. The molecule has 0 radical (unpaired) electrons. The molecule has 0 nitrogen and oxygen atoms in total. The van der Waals surface area contributed by atoms with Crippen LogP contribution in [0.1, 0.15) is 23.6 Å². The average molecular weight is 360 g/mol. The van der Waals surface area contributed by atoms with Crippen molar-refractivity contribution in [2.75, 3.05) is 0 Å². The zero-order valence-corrected chi connectivity index (χ0v) is 13.8. The summed E-state index contributed by atoms with van der Waals surface area (Å²) in [4.78, 5) is 0. The molecule has 0 spiro atoms. The van der Waals surface area contributed by atoms with Crippen molar-refractivity contribution in [3.63, 3.8) is 0 Å². The van der Waals surface area contributed by atoms with E-state index in [1.54, 1.807) is 0 Å². The SMILES string of the molecule is CCc1ccc2c(c1)Cc1c-2cc(F)c(-c2cc(F)c(F)c(F)c2)c1F. The summed E-state index contributed by atoms with van der Waals surface area (Å²) >= 11 is 0. The molecule has 3 aromatic carbocycles. The minimum atomic E-state index is -1.67. The maximum absolute atomic E-state index is 15.1. The van der Waals surface area contributed by atoms with Crippen molar-refractivity contribution >= 4 is 0 Å². The molecule has 0 atom stereocenters. The van der Waals surface area contributed by atoms with Crippen molar-refractivity contribution in [3.8, 4) is 22.3 Å². The normalized spacial score (nSPS) is 12.2. The highest BCUT2D eigenvalue weighted by atomic mass is 19.2. The van der Waals surface area contributed by atoms with Gasteiger partial charge in [-0.25, -0.2) is 22.0 Å². The van der Waals surface area contributed by atoms with Gasteiger partial charge < -0.3 is 0 Å². The Morgan fingerprint density at radius 3 is 2.12 bits per heavy atom. The largest absolute Gasteiger partial charge is 0.206 e. The number of hydrogen-bond donors (Lipinski definition) is 0. The Morgan fingerprint density at radius 2 is 1.46 bits per heavy atom. The predicted molar refractivity (Wildman–Crippen MR) is 89.3 cm³/mol. The molecule has 0 aromatic heterocycles. The number of aryl methyl sites for hydroxylation is 1. The molecule has 3 aromatic rings. The molecule has 0 fully saturated rings. The smallest absolute Gasteiger partial charge is 0.194 e. The van der Waals surface area contributed by atoms with Crippen molar-refractivity contribution in [3.05, 3.63) is 82.2 Å². The Balaban J connectivity index is 1.91. The van der Waals surface area contributed by atoms with E-state index < -0.39 is 34.6 Å². The molecule has 5 heteroatoms. The average Bonchev–Trinajstić information content (AvgIpc) is 2.97. The summed E-state index contributed by atoms with van der Waals surface area (Å²) in [5.41, 5.74) is 2.50. The van der Waals surface area contributed by atoms with Gasteiger partial charge in [0.05, 0.1) is 5.56 Å². The summed E-state index contributed by atoms with van der Waals surface area (Å²) in [5.74, 6) is -6.47. The molecule has 26 heavy (non-hydrogen) atoms. The molecule has 0 bridgehead atoms. The van der Waals surface area contributed by atoms with Gasteiger partial charge in [-0.3, -0.25) is 0 Å². The van der Waals surface area contributed by atoms with Gasteiger partial charge in [0.2, 0.25) is 0 Å². The Morgan fingerprint density at radius 1 is 0.769 bits per heavy atom. The van der Waals surface area contributed by atoms with Gasteiger partial charge >= 0.3 is 0 Å². The lowest BCUT2D eigenvalue weighted by Crippen LogP contribution is -1.99. The van der Waals surface area contributed by atoms with Crippen LogP contribution in [0, 0.1) is 29.1 Å². The minimum Gasteiger partial charge on any atom is -0.206 e. The van der Waals surface area contributed by atoms with Gasteiger partial charge in [-0.15, -0.1) is 0 Å². The van der Waals surface area contributed by atoms with E-state index in [0.717, 1.165) is 23.1 Å². The molecule has 1 aliphatic carbocycles. The maximum atomic E-state index is 15.1. The van der Waals surface area contributed by atoms with E-state index in [9.17, 15) is 17.6 Å². The Labute approximate surface area is 146 Å². The first-order valence-electron chi connectivity index (χ1n) is 8.18. The second-order valence-electron chi connectivity index (χ2n) is 6.35. The lowest BCUT2D eigenvalue weighted by atomic mass is 9.97. The van der Waals surface area contributed by atoms with Crippen LogP contribution in [0.4, 0.5) is 22.0 Å². The van der Waals surface area contributed by atoms with Gasteiger partial charge in [-0.05, 0) is 52.4 Å². The minimum absolute atomic E-state index is 0.268. The predicted octanol–water partition coefficient (Wildman–Crippen LogP) is 6.18. The number of benzene rings is 3. The van der Waals surface area contributed by atoms with Crippen LogP contribution in [0.5, 0.6) is 0 Å². The van der Waals surface area contributed by atoms with Crippen LogP contribution >= 0.6 is 0 Å². The molecule has 132 valence electrons. The van der Waals surface area contributed by atoms with Gasteiger partial charge in [0, 0.05) is 12.0 Å². The third-order valence-electron chi connectivity index (χ3n) is 4.83. The molecular formula is C21H13F5. The third kappa shape index (κ3) is 2.42. The van der Waals surface area contributed by atoms with Crippen LogP contribution in [-0.2, 0) is 12.8 Å². The fraction of sp³-hybridized carbons (Fsp3) is 0.143. The highest BCUT2D eigenvalue weighted by Crippen LogP contribution is 2.42. The zero-order valence-electron chi connectivity index (χ0n) is 13.8. The zero-order chi connectivity index (χ0) is 18.6. The summed E-state index contributed by atoms with van der Waals surface area (Å²) in [6.45, 7) is 2.00. The first-order chi connectivity index (χ1) is 12.4. The molecule has 0 unspecified atom stereocenters. The standard InChI is InChI=1S/C21H13F5/c1-2-10-3-4-13-11(5-10)6-15-14(13)9-16(22)19(20(15)25)12-7-17(23)21(26)18(24)8-12/h3-5,7-9H,2,6H2,1H3. The number of hydrogen-bond acceptors (Lipinski definition) is 0. The fourth-order valence-electron chi connectivity index (χ4n) is 3.50. The third-order valence-corrected chi connectivity index (χ3v) is 4.83. The fourth-order valence-corrected chi connectivity index (χ4v) is 3.50. The molecule has 0 aliphatic heterocycles. The first kappa shape index (κ1) is 16.8. The first-order valence-corrected chi connectivity index (χ1v) is 8.18. The molecular weight excluding hydrogens is 347 g/mol. The van der Waals surface area contributed by atoms with Crippen LogP contribution in [-0.4, -0.2) is 0 Å². The van der Waals surface area contributed by atoms with E-state index in [4.69, 9.17) is 0 Å². The number of fused-ring (bicyclic) bond motifs is 3. The van der Waals surface area contributed by atoms with E-state index in [0.29, 0.717) is 17.7 Å². The summed E-state index contributed by atoms with van der Waals surface area (Å²) in [7, 11) is 0. The Hall–Kier alpha value is -2.69. The second kappa shape index (κ2) is 5.94.